The van der Waals surface area contributed by atoms with Crippen LogP contribution in [-0.4, -0.2) is 46.4 Å². The van der Waals surface area contributed by atoms with E-state index in [0.717, 1.165) is 19.3 Å². The Morgan fingerprint density at radius 1 is 1.45 bits per heavy atom. The summed E-state index contributed by atoms with van der Waals surface area (Å²) in [5, 5.41) is 6.93. The molecule has 3 rings (SSSR count). The molecule has 1 N–H and O–H groups in total. The predicted octanol–water partition coefficient (Wildman–Crippen LogP) is 2.18. The maximum absolute atomic E-state index is 12.6. The highest BCUT2D eigenvalue weighted by Gasteiger charge is 2.40. The van der Waals surface area contributed by atoms with Gasteiger partial charge in [-0.2, -0.15) is 4.98 Å². The quantitative estimate of drug-likeness (QED) is 0.925. The maximum atomic E-state index is 12.6. The summed E-state index contributed by atoms with van der Waals surface area (Å²) in [4.78, 5) is 18.6. The Balaban J connectivity index is 1.63. The zero-order valence-corrected chi connectivity index (χ0v) is 13.3. The number of hydrogen-bond acceptors (Lipinski definition) is 5. The van der Waals surface area contributed by atoms with Crippen LogP contribution in [0.2, 0.25) is 0 Å². The first-order chi connectivity index (χ1) is 10.6. The van der Waals surface area contributed by atoms with E-state index in [1.807, 2.05) is 11.8 Å². The van der Waals surface area contributed by atoms with E-state index in [4.69, 9.17) is 9.26 Å². The van der Waals surface area contributed by atoms with E-state index in [1.54, 1.807) is 6.92 Å². The van der Waals surface area contributed by atoms with E-state index in [0.29, 0.717) is 31.4 Å². The molecule has 22 heavy (non-hydrogen) atoms. The van der Waals surface area contributed by atoms with Gasteiger partial charge in [-0.3, -0.25) is 0 Å². The molecule has 2 amide bonds. The van der Waals surface area contributed by atoms with Crippen molar-refractivity contribution in [1.82, 2.24) is 20.4 Å². The lowest BCUT2D eigenvalue weighted by Crippen LogP contribution is -2.55. The van der Waals surface area contributed by atoms with Crippen molar-refractivity contribution in [2.24, 2.45) is 0 Å². The van der Waals surface area contributed by atoms with Crippen molar-refractivity contribution < 1.29 is 14.1 Å². The summed E-state index contributed by atoms with van der Waals surface area (Å²) in [6.07, 6.45) is 5.21. The SMILES string of the molecule is CC[C@@H](NC(=O)N1CCOC2(CCCC2)C1)c1noc(C)n1. The lowest BCUT2D eigenvalue weighted by molar-refractivity contribution is -0.0927. The monoisotopic (exact) mass is 308 g/mol. The largest absolute Gasteiger partial charge is 0.371 e. The number of aromatic nitrogens is 2. The number of carbonyl (C=O) groups excluding carboxylic acids is 1. The van der Waals surface area contributed by atoms with Gasteiger partial charge >= 0.3 is 6.03 Å². The van der Waals surface area contributed by atoms with E-state index < -0.39 is 0 Å². The van der Waals surface area contributed by atoms with Crippen molar-refractivity contribution in [3.05, 3.63) is 11.7 Å². The van der Waals surface area contributed by atoms with E-state index in [1.165, 1.54) is 12.8 Å². The van der Waals surface area contributed by atoms with Gasteiger partial charge < -0.3 is 19.5 Å². The Hall–Kier alpha value is -1.63. The van der Waals surface area contributed by atoms with Crippen molar-refractivity contribution in [1.29, 1.82) is 0 Å². The van der Waals surface area contributed by atoms with Crippen LogP contribution in [0.4, 0.5) is 4.79 Å². The van der Waals surface area contributed by atoms with E-state index in [9.17, 15) is 4.79 Å². The molecule has 2 aliphatic rings. The zero-order valence-electron chi connectivity index (χ0n) is 13.3. The van der Waals surface area contributed by atoms with Crippen LogP contribution in [0.25, 0.3) is 0 Å². The van der Waals surface area contributed by atoms with Crippen molar-refractivity contribution >= 4 is 6.03 Å². The Kier molecular flexibility index (Phi) is 4.33. The first-order valence-corrected chi connectivity index (χ1v) is 8.11. The van der Waals surface area contributed by atoms with Gasteiger partial charge in [-0.05, 0) is 19.3 Å². The highest BCUT2D eigenvalue weighted by atomic mass is 16.5. The van der Waals surface area contributed by atoms with Gasteiger partial charge in [-0.25, -0.2) is 4.79 Å². The van der Waals surface area contributed by atoms with Gasteiger partial charge in [0.15, 0.2) is 5.82 Å². The summed E-state index contributed by atoms with van der Waals surface area (Å²) in [5.41, 5.74) is -0.111. The molecule has 0 aromatic carbocycles. The lowest BCUT2D eigenvalue weighted by atomic mass is 10.00. The molecular formula is C15H24N4O3. The third-order valence-corrected chi connectivity index (χ3v) is 4.61. The van der Waals surface area contributed by atoms with Crippen molar-refractivity contribution in [3.63, 3.8) is 0 Å². The second-order valence-electron chi connectivity index (χ2n) is 6.24. The van der Waals surface area contributed by atoms with E-state index in [-0.39, 0.29) is 17.7 Å². The molecule has 7 heteroatoms. The van der Waals surface area contributed by atoms with Gasteiger partial charge in [0, 0.05) is 13.5 Å². The zero-order chi connectivity index (χ0) is 15.6. The molecule has 2 fully saturated rings. The summed E-state index contributed by atoms with van der Waals surface area (Å²) in [7, 11) is 0. The Morgan fingerprint density at radius 3 is 2.86 bits per heavy atom. The fourth-order valence-electron chi connectivity index (χ4n) is 3.39. The number of rotatable bonds is 3. The number of nitrogens with one attached hydrogen (secondary N) is 1. The molecule has 1 atom stereocenters. The van der Waals surface area contributed by atoms with Crippen LogP contribution in [0.3, 0.4) is 0 Å². The molecule has 1 aromatic heterocycles. The summed E-state index contributed by atoms with van der Waals surface area (Å²) < 4.78 is 11.0. The molecule has 1 aliphatic carbocycles. The van der Waals surface area contributed by atoms with Crippen LogP contribution in [0, 0.1) is 6.92 Å². The van der Waals surface area contributed by atoms with Crippen LogP contribution in [0.15, 0.2) is 4.52 Å². The highest BCUT2D eigenvalue weighted by Crippen LogP contribution is 2.35. The van der Waals surface area contributed by atoms with E-state index >= 15 is 0 Å². The molecule has 1 spiro atoms. The minimum absolute atomic E-state index is 0.0659. The average Bonchev–Trinajstić information content (AvgIpc) is 3.14. The van der Waals surface area contributed by atoms with Gasteiger partial charge in [0.2, 0.25) is 5.89 Å². The summed E-state index contributed by atoms with van der Waals surface area (Å²) in [6.45, 7) is 5.67. The van der Waals surface area contributed by atoms with Crippen molar-refractivity contribution in [2.45, 2.75) is 57.6 Å². The normalized spacial score (nSPS) is 22.0. The molecule has 1 aliphatic heterocycles. The minimum Gasteiger partial charge on any atom is -0.371 e. The molecular weight excluding hydrogens is 284 g/mol. The van der Waals surface area contributed by atoms with Crippen LogP contribution in [0.1, 0.15) is 56.8 Å². The number of carbonyl (C=O) groups is 1. The average molecular weight is 308 g/mol. The number of nitrogens with zero attached hydrogens (tertiary/aromatic N) is 3. The molecule has 7 nitrogen and oxygen atoms in total. The van der Waals surface area contributed by atoms with Crippen molar-refractivity contribution in [3.8, 4) is 0 Å². The maximum Gasteiger partial charge on any atom is 0.318 e. The number of amides is 2. The lowest BCUT2D eigenvalue weighted by Gasteiger charge is -2.40. The fraction of sp³-hybridized carbons (Fsp3) is 0.800. The summed E-state index contributed by atoms with van der Waals surface area (Å²) in [5.74, 6) is 1.05. The minimum atomic E-state index is -0.215. The molecule has 122 valence electrons. The molecule has 0 radical (unpaired) electrons. The van der Waals surface area contributed by atoms with Crippen molar-refractivity contribution in [2.75, 3.05) is 19.7 Å². The van der Waals surface area contributed by atoms with Gasteiger partial charge in [-0.1, -0.05) is 24.9 Å². The summed E-state index contributed by atoms with van der Waals surface area (Å²) >= 11 is 0. The predicted molar refractivity (Wildman–Crippen MR) is 79.3 cm³/mol. The number of morpholine rings is 1. The Bertz CT molecular complexity index is 525. The van der Waals surface area contributed by atoms with Gasteiger partial charge in [0.05, 0.1) is 24.8 Å². The second-order valence-corrected chi connectivity index (χ2v) is 6.24. The molecule has 1 saturated heterocycles. The topological polar surface area (TPSA) is 80.5 Å². The number of urea groups is 1. The Labute approximate surface area is 130 Å². The molecule has 1 saturated carbocycles. The van der Waals surface area contributed by atoms with E-state index in [2.05, 4.69) is 15.5 Å². The first kappa shape index (κ1) is 15.3. The number of ether oxygens (including phenoxy) is 1. The van der Waals surface area contributed by atoms with Crippen LogP contribution >= 0.6 is 0 Å². The second kappa shape index (κ2) is 6.24. The number of hydrogen-bond donors (Lipinski definition) is 1. The van der Waals surface area contributed by atoms with Crippen LogP contribution in [-0.2, 0) is 4.74 Å². The number of aryl methyl sites for hydroxylation is 1. The Morgan fingerprint density at radius 2 is 2.23 bits per heavy atom. The standard InChI is InChI=1S/C15H24N4O3/c1-3-12(13-16-11(2)22-18-13)17-14(20)19-8-9-21-15(10-19)6-4-5-7-15/h12H,3-10H2,1-2H3,(H,17,20)/t12-/m1/s1. The van der Waals surface area contributed by atoms with Crippen LogP contribution in [0.5, 0.6) is 0 Å². The molecule has 0 unspecified atom stereocenters. The summed E-state index contributed by atoms with van der Waals surface area (Å²) in [6, 6.07) is -0.281. The fourth-order valence-corrected chi connectivity index (χ4v) is 3.39. The van der Waals surface area contributed by atoms with Crippen LogP contribution < -0.4 is 5.32 Å². The molecule has 2 heterocycles. The third-order valence-electron chi connectivity index (χ3n) is 4.61. The smallest absolute Gasteiger partial charge is 0.318 e. The van der Waals surface area contributed by atoms with Gasteiger partial charge in [0.1, 0.15) is 0 Å². The van der Waals surface area contributed by atoms with Gasteiger partial charge in [0.25, 0.3) is 0 Å². The van der Waals surface area contributed by atoms with Gasteiger partial charge in [-0.15, -0.1) is 0 Å². The first-order valence-electron chi connectivity index (χ1n) is 8.11. The third kappa shape index (κ3) is 3.09. The molecule has 1 aromatic rings. The highest BCUT2D eigenvalue weighted by molar-refractivity contribution is 5.74. The molecule has 0 bridgehead atoms.